The lowest BCUT2D eigenvalue weighted by molar-refractivity contribution is 0.0600. The first kappa shape index (κ1) is 22.9. The lowest BCUT2D eigenvalue weighted by atomic mass is 10.0. The average Bonchev–Trinajstić information content (AvgIpc) is 2.62. The molecule has 2 aromatic rings. The van der Waals surface area contributed by atoms with Crippen LogP contribution in [-0.4, -0.2) is 13.1 Å². The van der Waals surface area contributed by atoms with Crippen LogP contribution in [-0.2, 0) is 11.2 Å². The van der Waals surface area contributed by atoms with Crippen LogP contribution in [0.4, 0.5) is 0 Å². The van der Waals surface area contributed by atoms with Gasteiger partial charge in [0.25, 0.3) is 0 Å². The van der Waals surface area contributed by atoms with Crippen molar-refractivity contribution in [3.8, 4) is 0 Å². The summed E-state index contributed by atoms with van der Waals surface area (Å²) < 4.78 is 4.65. The van der Waals surface area contributed by atoms with Crippen molar-refractivity contribution < 1.29 is 9.53 Å². The van der Waals surface area contributed by atoms with E-state index in [4.69, 9.17) is 0 Å². The molecule has 25 heavy (non-hydrogen) atoms. The van der Waals surface area contributed by atoms with Gasteiger partial charge in [-0.05, 0) is 68.5 Å². The van der Waals surface area contributed by atoms with E-state index in [9.17, 15) is 4.79 Å². The van der Waals surface area contributed by atoms with Crippen LogP contribution in [0.2, 0.25) is 0 Å². The van der Waals surface area contributed by atoms with Crippen LogP contribution >= 0.6 is 0 Å². The third-order valence-electron chi connectivity index (χ3n) is 3.95. The van der Waals surface area contributed by atoms with Gasteiger partial charge in [0.2, 0.25) is 0 Å². The van der Waals surface area contributed by atoms with Crippen molar-refractivity contribution in [3.05, 3.63) is 69.8 Å². The Bertz CT molecular complexity index is 657. The highest BCUT2D eigenvalue weighted by atomic mass is 16.5. The van der Waals surface area contributed by atoms with Gasteiger partial charge in [-0.1, -0.05) is 57.0 Å². The minimum atomic E-state index is -0.267. The van der Waals surface area contributed by atoms with E-state index in [1.54, 1.807) is 0 Å². The summed E-state index contributed by atoms with van der Waals surface area (Å²) in [5.74, 6) is -0.267. The first-order valence-corrected chi connectivity index (χ1v) is 9.10. The number of carbonyl (C=O) groups is 1. The lowest BCUT2D eigenvalue weighted by Crippen LogP contribution is -2.02. The largest absolute Gasteiger partial charge is 0.465 e. The van der Waals surface area contributed by atoms with Crippen LogP contribution in [0.3, 0.4) is 0 Å². The molecule has 138 valence electrons. The Morgan fingerprint density at radius 2 is 1.52 bits per heavy atom. The standard InChI is InChI=1S/C12H16O2.C9H12.C2H6/c1-4-5-10-6-7-11(8-9(10)2)12(13)14-3;1-7-4-5-8(2)9(3)6-7;1-2/h6-8H,4-5H2,1-3H3;4-6H,1-3H3;1-2H3. The number of methoxy groups -OCH3 is 1. The molecule has 0 spiro atoms. The number of ether oxygens (including phenoxy) is 1. The van der Waals surface area contributed by atoms with E-state index in [0.717, 1.165) is 18.4 Å². The minimum absolute atomic E-state index is 0.267. The molecule has 0 aliphatic carbocycles. The van der Waals surface area contributed by atoms with Crippen LogP contribution in [0.1, 0.15) is 65.4 Å². The summed E-state index contributed by atoms with van der Waals surface area (Å²) in [4.78, 5) is 11.2. The molecule has 0 saturated carbocycles. The molecule has 2 nitrogen and oxygen atoms in total. The van der Waals surface area contributed by atoms with E-state index in [1.165, 1.54) is 29.4 Å². The van der Waals surface area contributed by atoms with Gasteiger partial charge in [0.1, 0.15) is 0 Å². The van der Waals surface area contributed by atoms with Crippen molar-refractivity contribution in [1.82, 2.24) is 0 Å². The molecule has 0 radical (unpaired) electrons. The molecule has 2 heteroatoms. The fourth-order valence-electron chi connectivity index (χ4n) is 2.38. The number of aryl methyl sites for hydroxylation is 5. The molecule has 0 unspecified atom stereocenters. The molecule has 0 aliphatic heterocycles. The normalized spacial score (nSPS) is 9.28. The Morgan fingerprint density at radius 1 is 0.880 bits per heavy atom. The van der Waals surface area contributed by atoms with E-state index in [0.29, 0.717) is 5.56 Å². The van der Waals surface area contributed by atoms with E-state index in [2.05, 4.69) is 50.6 Å². The second-order valence-electron chi connectivity index (χ2n) is 5.97. The lowest BCUT2D eigenvalue weighted by Gasteiger charge is -2.06. The van der Waals surface area contributed by atoms with Crippen LogP contribution in [0.5, 0.6) is 0 Å². The summed E-state index contributed by atoms with van der Waals surface area (Å²) in [7, 11) is 1.40. The van der Waals surface area contributed by atoms with Gasteiger partial charge < -0.3 is 4.74 Å². The molecule has 0 bridgehead atoms. The van der Waals surface area contributed by atoms with Gasteiger partial charge in [-0.25, -0.2) is 4.79 Å². The van der Waals surface area contributed by atoms with Crippen molar-refractivity contribution in [3.63, 3.8) is 0 Å². The third kappa shape index (κ3) is 8.02. The summed E-state index contributed by atoms with van der Waals surface area (Å²) in [5, 5.41) is 0. The van der Waals surface area contributed by atoms with Gasteiger partial charge >= 0.3 is 5.97 Å². The Balaban J connectivity index is 0.000000451. The predicted octanol–water partition coefficient (Wildman–Crippen LogP) is 6.37. The highest BCUT2D eigenvalue weighted by Gasteiger charge is 2.06. The molecule has 0 heterocycles. The SMILES string of the molecule is CC.CCCc1ccc(C(=O)OC)cc1C.Cc1ccc(C)c(C)c1. The third-order valence-corrected chi connectivity index (χ3v) is 3.95. The Labute approximate surface area is 154 Å². The second-order valence-corrected chi connectivity index (χ2v) is 5.97. The van der Waals surface area contributed by atoms with Crippen molar-refractivity contribution in [2.75, 3.05) is 7.11 Å². The number of hydrogen-bond donors (Lipinski definition) is 0. The zero-order valence-corrected chi connectivity index (χ0v) is 17.2. The summed E-state index contributed by atoms with van der Waals surface area (Å²) in [6.07, 6.45) is 2.19. The maximum absolute atomic E-state index is 11.2. The summed E-state index contributed by atoms with van der Waals surface area (Å²) in [6.45, 7) is 14.6. The fourth-order valence-corrected chi connectivity index (χ4v) is 2.38. The summed E-state index contributed by atoms with van der Waals surface area (Å²) in [5.41, 5.74) is 7.20. The number of carbonyl (C=O) groups excluding carboxylic acids is 1. The highest BCUT2D eigenvalue weighted by Crippen LogP contribution is 2.13. The fraction of sp³-hybridized carbons (Fsp3) is 0.435. The number of esters is 1. The zero-order chi connectivity index (χ0) is 19.4. The van der Waals surface area contributed by atoms with Crippen molar-refractivity contribution in [2.45, 2.75) is 61.3 Å². The first-order chi connectivity index (χ1) is 11.9. The molecule has 0 saturated heterocycles. The minimum Gasteiger partial charge on any atom is -0.465 e. The monoisotopic (exact) mass is 342 g/mol. The van der Waals surface area contributed by atoms with Gasteiger partial charge in [-0.15, -0.1) is 0 Å². The molecule has 2 rings (SSSR count). The van der Waals surface area contributed by atoms with Crippen molar-refractivity contribution >= 4 is 5.97 Å². The van der Waals surface area contributed by atoms with Gasteiger partial charge in [0.05, 0.1) is 12.7 Å². The maximum atomic E-state index is 11.2. The quantitative estimate of drug-likeness (QED) is 0.606. The average molecular weight is 343 g/mol. The van der Waals surface area contributed by atoms with E-state index in [1.807, 2.05) is 39.0 Å². The van der Waals surface area contributed by atoms with Gasteiger partial charge in [0, 0.05) is 0 Å². The van der Waals surface area contributed by atoms with Gasteiger partial charge in [-0.3, -0.25) is 0 Å². The Morgan fingerprint density at radius 3 is 1.96 bits per heavy atom. The molecule has 0 amide bonds. The van der Waals surface area contributed by atoms with Crippen LogP contribution in [0.15, 0.2) is 36.4 Å². The van der Waals surface area contributed by atoms with Crippen LogP contribution in [0.25, 0.3) is 0 Å². The summed E-state index contributed by atoms with van der Waals surface area (Å²) >= 11 is 0. The number of rotatable bonds is 3. The molecular formula is C23H34O2. The van der Waals surface area contributed by atoms with Gasteiger partial charge in [-0.2, -0.15) is 0 Å². The zero-order valence-electron chi connectivity index (χ0n) is 17.2. The molecule has 0 fully saturated rings. The van der Waals surface area contributed by atoms with E-state index >= 15 is 0 Å². The molecule has 2 aromatic carbocycles. The molecular weight excluding hydrogens is 308 g/mol. The smallest absolute Gasteiger partial charge is 0.337 e. The molecule has 0 aliphatic rings. The van der Waals surface area contributed by atoms with Crippen molar-refractivity contribution in [1.29, 1.82) is 0 Å². The predicted molar refractivity (Wildman–Crippen MR) is 109 cm³/mol. The maximum Gasteiger partial charge on any atom is 0.337 e. The topological polar surface area (TPSA) is 26.3 Å². The molecule has 0 N–H and O–H groups in total. The molecule has 0 atom stereocenters. The van der Waals surface area contributed by atoms with E-state index < -0.39 is 0 Å². The van der Waals surface area contributed by atoms with Gasteiger partial charge in [0.15, 0.2) is 0 Å². The number of benzene rings is 2. The van der Waals surface area contributed by atoms with Crippen molar-refractivity contribution in [2.24, 2.45) is 0 Å². The Hall–Kier alpha value is -2.09. The molecule has 0 aromatic heterocycles. The second kappa shape index (κ2) is 12.3. The van der Waals surface area contributed by atoms with Crippen LogP contribution < -0.4 is 0 Å². The van der Waals surface area contributed by atoms with E-state index in [-0.39, 0.29) is 5.97 Å². The highest BCUT2D eigenvalue weighted by molar-refractivity contribution is 5.89. The Kier molecular flexibility index (Phi) is 11.3. The number of hydrogen-bond acceptors (Lipinski definition) is 2. The summed E-state index contributed by atoms with van der Waals surface area (Å²) in [6, 6.07) is 12.2. The van der Waals surface area contributed by atoms with Crippen LogP contribution in [0, 0.1) is 27.7 Å². The first-order valence-electron chi connectivity index (χ1n) is 9.10.